The fraction of sp³-hybridized carbons (Fsp3) is 0.375. The van der Waals surface area contributed by atoms with Gasteiger partial charge in [0, 0.05) is 24.1 Å². The van der Waals surface area contributed by atoms with Crippen molar-refractivity contribution in [2.24, 2.45) is 5.10 Å². The number of hydrogen-bond acceptors (Lipinski definition) is 5. The second-order valence-electron chi connectivity index (χ2n) is 5.65. The summed E-state index contributed by atoms with van der Waals surface area (Å²) in [5.41, 5.74) is 3.72. The minimum absolute atomic E-state index is 0.122. The lowest BCUT2D eigenvalue weighted by molar-refractivity contribution is -0.152. The number of anilines is 1. The Bertz CT molecular complexity index is 741. The number of hydrogen-bond donors (Lipinski definition) is 2. The van der Waals surface area contributed by atoms with Gasteiger partial charge < -0.3 is 10.1 Å². The summed E-state index contributed by atoms with van der Waals surface area (Å²) in [6.07, 6.45) is 0.879. The van der Waals surface area contributed by atoms with Gasteiger partial charge in [-0.1, -0.05) is 6.07 Å². The van der Waals surface area contributed by atoms with Crippen molar-refractivity contribution >= 4 is 29.2 Å². The topological polar surface area (TPSA) is 96.9 Å². The Morgan fingerprint density at radius 2 is 2.13 bits per heavy atom. The third-order valence-electron chi connectivity index (χ3n) is 4.18. The van der Waals surface area contributed by atoms with Crippen molar-refractivity contribution in [1.29, 1.82) is 0 Å². The Hall–Kier alpha value is -2.70. The summed E-state index contributed by atoms with van der Waals surface area (Å²) in [7, 11) is 0. The fourth-order valence-electron chi connectivity index (χ4n) is 2.78. The predicted octanol–water partition coefficient (Wildman–Crippen LogP) is 1.07. The number of carbonyl (C=O) groups is 3. The number of hydrazone groups is 1. The molecular formula is C16H17N3O4. The van der Waals surface area contributed by atoms with Crippen LogP contribution in [0.1, 0.15) is 37.8 Å². The van der Waals surface area contributed by atoms with Crippen LogP contribution < -0.4 is 10.7 Å². The molecule has 23 heavy (non-hydrogen) atoms. The Kier molecular flexibility index (Phi) is 3.63. The summed E-state index contributed by atoms with van der Waals surface area (Å²) in [4.78, 5) is 35.8. The van der Waals surface area contributed by atoms with Crippen LogP contribution >= 0.6 is 0 Å². The van der Waals surface area contributed by atoms with E-state index in [1.54, 1.807) is 26.0 Å². The van der Waals surface area contributed by atoms with Gasteiger partial charge in [-0.3, -0.25) is 14.4 Å². The standard InChI is InChI=1S/C16H17N3O4/c1-3-23-15(22)16(2)10-8-9(4-5-12(10)17-14(16)21)11-6-7-13(20)19-18-11/h4-5,8H,3,6-7H2,1-2H3,(H,17,21)(H,19,20). The van der Waals surface area contributed by atoms with Gasteiger partial charge in [-0.05, 0) is 31.5 Å². The number of benzene rings is 1. The molecule has 2 heterocycles. The Morgan fingerprint density at radius 1 is 1.35 bits per heavy atom. The second kappa shape index (κ2) is 5.49. The van der Waals surface area contributed by atoms with Crippen molar-refractivity contribution in [3.8, 4) is 0 Å². The van der Waals surface area contributed by atoms with Gasteiger partial charge in [0.15, 0.2) is 5.41 Å². The predicted molar refractivity (Wildman–Crippen MR) is 83.0 cm³/mol. The van der Waals surface area contributed by atoms with E-state index in [1.807, 2.05) is 6.07 Å². The maximum absolute atomic E-state index is 12.3. The number of esters is 1. The van der Waals surface area contributed by atoms with Crippen molar-refractivity contribution in [2.75, 3.05) is 11.9 Å². The Labute approximate surface area is 133 Å². The van der Waals surface area contributed by atoms with Gasteiger partial charge in [0.2, 0.25) is 11.8 Å². The van der Waals surface area contributed by atoms with Crippen molar-refractivity contribution < 1.29 is 19.1 Å². The molecule has 3 rings (SSSR count). The normalized spacial score (nSPS) is 22.8. The molecule has 1 unspecified atom stereocenters. The van der Waals surface area contributed by atoms with Gasteiger partial charge in [0.05, 0.1) is 12.3 Å². The van der Waals surface area contributed by atoms with Gasteiger partial charge in [-0.2, -0.15) is 5.10 Å². The number of carbonyl (C=O) groups excluding carboxylic acids is 3. The summed E-state index contributed by atoms with van der Waals surface area (Å²) in [6, 6.07) is 5.32. The molecule has 7 heteroatoms. The maximum Gasteiger partial charge on any atom is 0.326 e. The molecule has 2 aliphatic rings. The second-order valence-corrected chi connectivity index (χ2v) is 5.65. The maximum atomic E-state index is 12.3. The van der Waals surface area contributed by atoms with Crippen LogP contribution in [0.5, 0.6) is 0 Å². The first-order chi connectivity index (χ1) is 11.0. The van der Waals surface area contributed by atoms with Gasteiger partial charge in [0.1, 0.15) is 0 Å². The molecule has 1 aromatic carbocycles. The monoisotopic (exact) mass is 315 g/mol. The smallest absolute Gasteiger partial charge is 0.326 e. The minimum Gasteiger partial charge on any atom is -0.465 e. The number of rotatable bonds is 3. The molecule has 2 amide bonds. The summed E-state index contributed by atoms with van der Waals surface area (Å²) in [6.45, 7) is 3.46. The number of nitrogens with zero attached hydrogens (tertiary/aromatic N) is 1. The third kappa shape index (κ3) is 2.38. The largest absolute Gasteiger partial charge is 0.465 e. The van der Waals surface area contributed by atoms with Crippen LogP contribution in [0.25, 0.3) is 0 Å². The zero-order chi connectivity index (χ0) is 16.6. The van der Waals surface area contributed by atoms with E-state index in [0.29, 0.717) is 24.1 Å². The summed E-state index contributed by atoms with van der Waals surface area (Å²) >= 11 is 0. The highest BCUT2D eigenvalue weighted by Gasteiger charge is 2.50. The van der Waals surface area contributed by atoms with Gasteiger partial charge in [-0.25, -0.2) is 5.43 Å². The molecule has 0 radical (unpaired) electrons. The molecule has 1 atom stereocenters. The number of fused-ring (bicyclic) bond motifs is 1. The van der Waals surface area contributed by atoms with Crippen LogP contribution in [-0.2, 0) is 24.5 Å². The lowest BCUT2D eigenvalue weighted by Crippen LogP contribution is -2.41. The number of ether oxygens (including phenoxy) is 1. The van der Waals surface area contributed by atoms with E-state index < -0.39 is 17.3 Å². The van der Waals surface area contributed by atoms with E-state index in [0.717, 1.165) is 11.3 Å². The molecule has 0 fully saturated rings. The quantitative estimate of drug-likeness (QED) is 0.644. The Morgan fingerprint density at radius 3 is 2.78 bits per heavy atom. The first kappa shape index (κ1) is 15.2. The van der Waals surface area contributed by atoms with E-state index in [9.17, 15) is 14.4 Å². The fourth-order valence-corrected chi connectivity index (χ4v) is 2.78. The highest BCUT2D eigenvalue weighted by atomic mass is 16.5. The van der Waals surface area contributed by atoms with E-state index in [2.05, 4.69) is 15.8 Å². The SMILES string of the molecule is CCOC(=O)C1(C)C(=O)Nc2ccc(C3=NNC(=O)CC3)cc21. The van der Waals surface area contributed by atoms with Crippen LogP contribution in [0.3, 0.4) is 0 Å². The van der Waals surface area contributed by atoms with Crippen LogP contribution in [-0.4, -0.2) is 30.1 Å². The van der Waals surface area contributed by atoms with Crippen molar-refractivity contribution in [1.82, 2.24) is 5.43 Å². The molecule has 0 saturated carbocycles. The molecule has 2 aliphatic heterocycles. The van der Waals surface area contributed by atoms with E-state index in [-0.39, 0.29) is 12.5 Å². The van der Waals surface area contributed by atoms with Crippen molar-refractivity contribution in [2.45, 2.75) is 32.1 Å². The minimum atomic E-state index is -1.38. The Balaban J connectivity index is 2.02. The molecule has 1 aromatic rings. The highest BCUT2D eigenvalue weighted by Crippen LogP contribution is 2.39. The molecule has 0 aromatic heterocycles. The van der Waals surface area contributed by atoms with Crippen molar-refractivity contribution in [3.05, 3.63) is 29.3 Å². The van der Waals surface area contributed by atoms with E-state index in [1.165, 1.54) is 0 Å². The molecular weight excluding hydrogens is 298 g/mol. The van der Waals surface area contributed by atoms with E-state index >= 15 is 0 Å². The number of nitrogens with one attached hydrogen (secondary N) is 2. The molecule has 0 bridgehead atoms. The molecule has 7 nitrogen and oxygen atoms in total. The summed E-state index contributed by atoms with van der Waals surface area (Å²) in [5.74, 6) is -1.10. The van der Waals surface area contributed by atoms with Gasteiger partial charge in [-0.15, -0.1) is 0 Å². The molecule has 0 spiro atoms. The van der Waals surface area contributed by atoms with Crippen LogP contribution in [0, 0.1) is 0 Å². The van der Waals surface area contributed by atoms with E-state index in [4.69, 9.17) is 4.74 Å². The lowest BCUT2D eigenvalue weighted by atomic mass is 9.82. The van der Waals surface area contributed by atoms with Gasteiger partial charge in [0.25, 0.3) is 0 Å². The summed E-state index contributed by atoms with van der Waals surface area (Å²) < 4.78 is 5.07. The highest BCUT2D eigenvalue weighted by molar-refractivity contribution is 6.19. The lowest BCUT2D eigenvalue weighted by Gasteiger charge is -2.20. The van der Waals surface area contributed by atoms with Crippen molar-refractivity contribution in [3.63, 3.8) is 0 Å². The summed E-state index contributed by atoms with van der Waals surface area (Å²) in [5, 5.41) is 6.76. The van der Waals surface area contributed by atoms with Crippen LogP contribution in [0.15, 0.2) is 23.3 Å². The average molecular weight is 315 g/mol. The van der Waals surface area contributed by atoms with Crippen LogP contribution in [0.4, 0.5) is 5.69 Å². The average Bonchev–Trinajstić information content (AvgIpc) is 2.80. The molecule has 2 N–H and O–H groups in total. The molecule has 0 saturated heterocycles. The zero-order valence-corrected chi connectivity index (χ0v) is 12.9. The number of amides is 2. The zero-order valence-electron chi connectivity index (χ0n) is 12.9. The van der Waals surface area contributed by atoms with Gasteiger partial charge >= 0.3 is 5.97 Å². The first-order valence-electron chi connectivity index (χ1n) is 7.45. The molecule has 120 valence electrons. The third-order valence-corrected chi connectivity index (χ3v) is 4.18. The van der Waals surface area contributed by atoms with Crippen LogP contribution in [0.2, 0.25) is 0 Å². The molecule has 0 aliphatic carbocycles. The first-order valence-corrected chi connectivity index (χ1v) is 7.45.